The van der Waals surface area contributed by atoms with Crippen LogP contribution in [-0.2, 0) is 10.0 Å². The maximum atomic E-state index is 12.1. The highest BCUT2D eigenvalue weighted by Crippen LogP contribution is 2.27. The molecule has 0 amide bonds. The quantitative estimate of drug-likeness (QED) is 0.876. The first-order valence-corrected chi connectivity index (χ1v) is 8.50. The van der Waals surface area contributed by atoms with Crippen molar-refractivity contribution in [1.29, 1.82) is 0 Å². The molecule has 1 fully saturated rings. The molecular weight excluding hydrogens is 274 g/mol. The van der Waals surface area contributed by atoms with Crippen molar-refractivity contribution in [1.82, 2.24) is 10.0 Å². The zero-order valence-corrected chi connectivity index (χ0v) is 12.9. The van der Waals surface area contributed by atoms with Gasteiger partial charge in [-0.1, -0.05) is 12.1 Å². The van der Waals surface area contributed by atoms with Crippen molar-refractivity contribution in [3.8, 4) is 0 Å². The van der Waals surface area contributed by atoms with Crippen LogP contribution in [0.15, 0.2) is 29.2 Å². The molecular formula is C14H23N3O2S. The van der Waals surface area contributed by atoms with Gasteiger partial charge >= 0.3 is 0 Å². The number of hydrogen-bond donors (Lipinski definition) is 2. The van der Waals surface area contributed by atoms with Gasteiger partial charge in [0, 0.05) is 13.1 Å². The smallest absolute Gasteiger partial charge is 0.242 e. The minimum atomic E-state index is -3.43. The zero-order valence-electron chi connectivity index (χ0n) is 12.1. The van der Waals surface area contributed by atoms with Crippen LogP contribution in [0, 0.1) is 0 Å². The molecule has 5 nitrogen and oxygen atoms in total. The Kier molecular flexibility index (Phi) is 5.01. The van der Waals surface area contributed by atoms with Crippen LogP contribution < -0.4 is 14.9 Å². The van der Waals surface area contributed by atoms with Crippen molar-refractivity contribution in [2.45, 2.75) is 30.2 Å². The van der Waals surface area contributed by atoms with Gasteiger partial charge in [0.05, 0.1) is 5.69 Å². The summed E-state index contributed by atoms with van der Waals surface area (Å²) in [6, 6.07) is 7.55. The number of benzene rings is 1. The molecule has 0 bridgehead atoms. The van der Waals surface area contributed by atoms with E-state index in [9.17, 15) is 8.42 Å². The summed E-state index contributed by atoms with van der Waals surface area (Å²) in [6.07, 6.45) is 3.23. The number of nitrogens with one attached hydrogen (secondary N) is 2. The molecule has 1 aromatic carbocycles. The molecule has 6 heteroatoms. The maximum absolute atomic E-state index is 12.1. The second kappa shape index (κ2) is 6.56. The molecule has 1 aliphatic heterocycles. The third-order valence-corrected chi connectivity index (χ3v) is 5.36. The summed E-state index contributed by atoms with van der Waals surface area (Å²) in [5, 5.41) is 3.38. The maximum Gasteiger partial charge on any atom is 0.242 e. The highest BCUT2D eigenvalue weighted by molar-refractivity contribution is 7.89. The molecule has 1 heterocycles. The monoisotopic (exact) mass is 297 g/mol. The van der Waals surface area contributed by atoms with Crippen molar-refractivity contribution in [2.24, 2.45) is 0 Å². The Morgan fingerprint density at radius 2 is 2.00 bits per heavy atom. The molecule has 2 N–H and O–H groups in total. The largest absolute Gasteiger partial charge is 0.370 e. The van der Waals surface area contributed by atoms with E-state index in [0.29, 0.717) is 10.9 Å². The fraction of sp³-hybridized carbons (Fsp3) is 0.571. The molecule has 1 aromatic rings. The molecule has 1 aliphatic rings. The van der Waals surface area contributed by atoms with E-state index in [1.807, 2.05) is 19.2 Å². The van der Waals surface area contributed by atoms with Gasteiger partial charge < -0.3 is 10.2 Å². The highest BCUT2D eigenvalue weighted by atomic mass is 32.2. The topological polar surface area (TPSA) is 61.4 Å². The molecule has 1 saturated heterocycles. The van der Waals surface area contributed by atoms with Crippen LogP contribution in [0.2, 0.25) is 0 Å². The van der Waals surface area contributed by atoms with Crippen LogP contribution in [0.25, 0.3) is 0 Å². The van der Waals surface area contributed by atoms with E-state index in [1.54, 1.807) is 12.1 Å². The summed E-state index contributed by atoms with van der Waals surface area (Å²) >= 11 is 0. The Balaban J connectivity index is 2.32. The fourth-order valence-corrected chi connectivity index (χ4v) is 3.64. The summed E-state index contributed by atoms with van der Waals surface area (Å²) in [7, 11) is 0.00329. The lowest BCUT2D eigenvalue weighted by Gasteiger charge is -2.30. The lowest BCUT2D eigenvalue weighted by atomic mass is 10.1. The van der Waals surface area contributed by atoms with E-state index in [0.717, 1.165) is 38.0 Å². The minimum absolute atomic E-state index is 0.349. The highest BCUT2D eigenvalue weighted by Gasteiger charge is 2.23. The average molecular weight is 297 g/mol. The summed E-state index contributed by atoms with van der Waals surface area (Å²) in [6.45, 7) is 2.02. The zero-order chi connectivity index (χ0) is 14.6. The third-order valence-electron chi connectivity index (χ3n) is 3.90. The van der Waals surface area contributed by atoms with E-state index in [2.05, 4.69) is 14.9 Å². The van der Waals surface area contributed by atoms with Gasteiger partial charge in [0.25, 0.3) is 0 Å². The van der Waals surface area contributed by atoms with Gasteiger partial charge in [-0.2, -0.15) is 0 Å². The molecule has 0 spiro atoms. The van der Waals surface area contributed by atoms with Gasteiger partial charge in [-0.15, -0.1) is 0 Å². The Labute approximate surface area is 121 Å². The van der Waals surface area contributed by atoms with E-state index in [4.69, 9.17) is 0 Å². The molecule has 112 valence electrons. The van der Waals surface area contributed by atoms with Gasteiger partial charge in [0.15, 0.2) is 0 Å². The normalized spacial score (nSPS) is 20.4. The lowest BCUT2D eigenvalue weighted by molar-refractivity contribution is 0.560. The summed E-state index contributed by atoms with van der Waals surface area (Å²) in [4.78, 5) is 2.46. The molecule has 0 aliphatic carbocycles. The van der Waals surface area contributed by atoms with Crippen LogP contribution in [0.3, 0.4) is 0 Å². The Hall–Kier alpha value is -1.11. The van der Waals surface area contributed by atoms with Crippen molar-refractivity contribution >= 4 is 15.7 Å². The van der Waals surface area contributed by atoms with Gasteiger partial charge in [0.2, 0.25) is 10.0 Å². The van der Waals surface area contributed by atoms with Crippen LogP contribution in [0.4, 0.5) is 5.69 Å². The summed E-state index contributed by atoms with van der Waals surface area (Å²) in [5.74, 6) is 0. The number of sulfonamides is 1. The van der Waals surface area contributed by atoms with Crippen molar-refractivity contribution < 1.29 is 8.42 Å². The average Bonchev–Trinajstić information content (AvgIpc) is 2.75. The molecule has 0 aromatic heterocycles. The molecule has 20 heavy (non-hydrogen) atoms. The first-order chi connectivity index (χ1) is 9.56. The van der Waals surface area contributed by atoms with Gasteiger partial charge in [-0.05, 0) is 51.5 Å². The Morgan fingerprint density at radius 1 is 1.25 bits per heavy atom. The number of anilines is 1. The van der Waals surface area contributed by atoms with E-state index < -0.39 is 10.0 Å². The van der Waals surface area contributed by atoms with Crippen LogP contribution in [-0.4, -0.2) is 41.6 Å². The van der Waals surface area contributed by atoms with Gasteiger partial charge in [-0.3, -0.25) is 0 Å². The Morgan fingerprint density at radius 3 is 2.75 bits per heavy atom. The molecule has 1 atom stereocenters. The summed E-state index contributed by atoms with van der Waals surface area (Å²) in [5.41, 5.74) is 0.772. The van der Waals surface area contributed by atoms with Crippen molar-refractivity contribution in [2.75, 3.05) is 32.1 Å². The number of rotatable bonds is 4. The van der Waals surface area contributed by atoms with Crippen LogP contribution in [0.5, 0.6) is 0 Å². The Bertz CT molecular complexity index is 537. The van der Waals surface area contributed by atoms with Gasteiger partial charge in [-0.25, -0.2) is 13.1 Å². The third kappa shape index (κ3) is 3.31. The van der Waals surface area contributed by atoms with E-state index in [1.165, 1.54) is 7.05 Å². The van der Waals surface area contributed by atoms with E-state index >= 15 is 0 Å². The predicted molar refractivity (Wildman–Crippen MR) is 81.6 cm³/mol. The molecule has 0 saturated carbocycles. The van der Waals surface area contributed by atoms with Crippen molar-refractivity contribution in [3.63, 3.8) is 0 Å². The first kappa shape index (κ1) is 15.3. The van der Waals surface area contributed by atoms with Crippen LogP contribution in [0.1, 0.15) is 19.3 Å². The van der Waals surface area contributed by atoms with Crippen molar-refractivity contribution in [3.05, 3.63) is 24.3 Å². The fourth-order valence-electron chi connectivity index (χ4n) is 2.67. The number of hydrogen-bond acceptors (Lipinski definition) is 4. The van der Waals surface area contributed by atoms with E-state index in [-0.39, 0.29) is 0 Å². The van der Waals surface area contributed by atoms with Gasteiger partial charge in [0.1, 0.15) is 4.90 Å². The predicted octanol–water partition coefficient (Wildman–Crippen LogP) is 1.17. The second-order valence-corrected chi connectivity index (χ2v) is 6.98. The second-order valence-electron chi connectivity index (χ2n) is 5.12. The number of nitrogens with zero attached hydrogens (tertiary/aromatic N) is 1. The van der Waals surface area contributed by atoms with Crippen LogP contribution >= 0.6 is 0 Å². The first-order valence-electron chi connectivity index (χ1n) is 7.02. The number of para-hydroxylation sites is 1. The SMILES string of the molecule is CNS(=O)(=O)c1ccccc1N(C)C1CCCNCC1. The molecule has 1 unspecified atom stereocenters. The summed E-state index contributed by atoms with van der Waals surface area (Å²) < 4.78 is 26.7. The standard InChI is InChI=1S/C14H23N3O2S/c1-15-20(18,19)14-8-4-3-7-13(14)17(2)12-6-5-10-16-11-9-12/h3-4,7-8,12,15-16H,5-6,9-11H2,1-2H3. The molecule has 0 radical (unpaired) electrons. The lowest BCUT2D eigenvalue weighted by Crippen LogP contribution is -2.34. The molecule has 2 rings (SSSR count). The minimum Gasteiger partial charge on any atom is -0.370 e.